The highest BCUT2D eigenvalue weighted by Gasteiger charge is 2.31. The molecule has 0 aliphatic carbocycles. The molecule has 0 unspecified atom stereocenters. The SMILES string of the molecule is CCN1CCN(C(=O)c2cc3c(cc2C)[nH]c(=O)c2cnn(C4CCN(C)CC4)c23)C[C@@H]1c1ccccc1. The normalized spacial score (nSPS) is 20.0. The summed E-state index contributed by atoms with van der Waals surface area (Å²) in [5, 5.41) is 6.15. The van der Waals surface area contributed by atoms with Crippen molar-refractivity contribution in [2.24, 2.45) is 0 Å². The fourth-order valence-electron chi connectivity index (χ4n) is 6.29. The Balaban J connectivity index is 1.40. The van der Waals surface area contributed by atoms with Crippen LogP contribution in [0.2, 0.25) is 0 Å². The smallest absolute Gasteiger partial charge is 0.259 e. The number of aromatic nitrogens is 3. The lowest BCUT2D eigenvalue weighted by Gasteiger charge is -2.41. The van der Waals surface area contributed by atoms with Gasteiger partial charge in [-0.1, -0.05) is 37.3 Å². The number of aromatic amines is 1. The largest absolute Gasteiger partial charge is 0.335 e. The van der Waals surface area contributed by atoms with Crippen molar-refractivity contribution in [3.63, 3.8) is 0 Å². The number of carbonyl (C=O) groups excluding carboxylic acids is 1. The van der Waals surface area contributed by atoms with E-state index in [0.717, 1.165) is 61.0 Å². The maximum Gasteiger partial charge on any atom is 0.259 e. The molecule has 2 aliphatic heterocycles. The lowest BCUT2D eigenvalue weighted by Crippen LogP contribution is -2.50. The molecule has 2 aromatic heterocycles. The Hall–Kier alpha value is -3.49. The standard InChI is InChI=1S/C30H36N6O2/c1-4-34-14-15-35(19-27(34)21-8-6-5-7-9-21)30(38)23-17-24-26(16-20(23)2)32-29(37)25-18-31-36(28(24)25)22-10-12-33(3)13-11-22/h5-9,16-18,22,27H,4,10-15,19H2,1-3H3,(H,32,37)/t27-/m1/s1. The highest BCUT2D eigenvalue weighted by atomic mass is 16.2. The van der Waals surface area contributed by atoms with Crippen LogP contribution in [0.15, 0.2) is 53.5 Å². The number of fused-ring (bicyclic) bond motifs is 3. The van der Waals surface area contributed by atoms with E-state index >= 15 is 0 Å². The molecule has 198 valence electrons. The first kappa shape index (κ1) is 24.8. The topological polar surface area (TPSA) is 77.5 Å². The number of amides is 1. The third kappa shape index (κ3) is 4.31. The van der Waals surface area contributed by atoms with Gasteiger partial charge in [0.15, 0.2) is 0 Å². The second-order valence-corrected chi connectivity index (χ2v) is 10.9. The van der Waals surface area contributed by atoms with Gasteiger partial charge in [0.25, 0.3) is 11.5 Å². The fraction of sp³-hybridized carbons (Fsp3) is 0.433. The summed E-state index contributed by atoms with van der Waals surface area (Å²) in [6, 6.07) is 14.8. The van der Waals surface area contributed by atoms with Crippen LogP contribution in [-0.4, -0.2) is 81.7 Å². The molecule has 2 aromatic carbocycles. The number of pyridine rings is 1. The molecule has 8 nitrogen and oxygen atoms in total. The molecule has 4 aromatic rings. The zero-order valence-corrected chi connectivity index (χ0v) is 22.5. The average molecular weight is 513 g/mol. The molecule has 0 spiro atoms. The number of hydrogen-bond donors (Lipinski definition) is 1. The van der Waals surface area contributed by atoms with Gasteiger partial charge in [0.05, 0.1) is 34.7 Å². The summed E-state index contributed by atoms with van der Waals surface area (Å²) in [6.45, 7) is 9.29. The maximum atomic E-state index is 14.0. The quantitative estimate of drug-likeness (QED) is 0.448. The molecule has 38 heavy (non-hydrogen) atoms. The predicted molar refractivity (Wildman–Crippen MR) is 151 cm³/mol. The highest BCUT2D eigenvalue weighted by molar-refractivity contribution is 6.07. The number of hydrogen-bond acceptors (Lipinski definition) is 5. The van der Waals surface area contributed by atoms with E-state index in [1.165, 1.54) is 5.56 Å². The summed E-state index contributed by atoms with van der Waals surface area (Å²) in [4.78, 5) is 36.8. The van der Waals surface area contributed by atoms with Gasteiger partial charge in [-0.3, -0.25) is 19.2 Å². The summed E-state index contributed by atoms with van der Waals surface area (Å²) < 4.78 is 2.04. The van der Waals surface area contributed by atoms with E-state index in [-0.39, 0.29) is 23.6 Å². The molecule has 0 radical (unpaired) electrons. The second kappa shape index (κ2) is 10.0. The van der Waals surface area contributed by atoms with Crippen molar-refractivity contribution < 1.29 is 4.79 Å². The number of likely N-dealkylation sites (N-methyl/N-ethyl adjacent to an activating group) is 1. The van der Waals surface area contributed by atoms with Crippen LogP contribution in [0.4, 0.5) is 0 Å². The van der Waals surface area contributed by atoms with Crippen molar-refractivity contribution in [2.75, 3.05) is 46.3 Å². The van der Waals surface area contributed by atoms with Gasteiger partial charge in [-0.15, -0.1) is 0 Å². The van der Waals surface area contributed by atoms with Crippen LogP contribution >= 0.6 is 0 Å². The van der Waals surface area contributed by atoms with Crippen molar-refractivity contribution in [3.05, 3.63) is 75.7 Å². The van der Waals surface area contributed by atoms with Gasteiger partial charge in [0, 0.05) is 30.6 Å². The number of piperazine rings is 1. The van der Waals surface area contributed by atoms with Crippen molar-refractivity contribution in [1.82, 2.24) is 29.5 Å². The van der Waals surface area contributed by atoms with E-state index < -0.39 is 0 Å². The van der Waals surface area contributed by atoms with E-state index in [9.17, 15) is 9.59 Å². The number of nitrogens with zero attached hydrogens (tertiary/aromatic N) is 5. The molecule has 1 N–H and O–H groups in total. The van der Waals surface area contributed by atoms with Gasteiger partial charge in [-0.2, -0.15) is 5.10 Å². The van der Waals surface area contributed by atoms with E-state index in [2.05, 4.69) is 58.1 Å². The summed E-state index contributed by atoms with van der Waals surface area (Å²) in [7, 11) is 2.14. The summed E-state index contributed by atoms with van der Waals surface area (Å²) in [5.41, 5.74) is 4.26. The summed E-state index contributed by atoms with van der Waals surface area (Å²) in [5.74, 6) is 0.0470. The van der Waals surface area contributed by atoms with Gasteiger partial charge in [0.2, 0.25) is 0 Å². The molecule has 6 rings (SSSR count). The predicted octanol–water partition coefficient (Wildman–Crippen LogP) is 3.97. The monoisotopic (exact) mass is 512 g/mol. The van der Waals surface area contributed by atoms with Crippen molar-refractivity contribution in [3.8, 4) is 0 Å². The van der Waals surface area contributed by atoms with Gasteiger partial charge in [-0.25, -0.2) is 0 Å². The molecule has 1 atom stereocenters. The fourth-order valence-corrected chi connectivity index (χ4v) is 6.29. The Morgan fingerprint density at radius 1 is 1.05 bits per heavy atom. The molecular weight excluding hydrogens is 476 g/mol. The van der Waals surface area contributed by atoms with Crippen LogP contribution in [0.1, 0.15) is 53.3 Å². The number of piperidine rings is 1. The van der Waals surface area contributed by atoms with Crippen LogP contribution in [0, 0.1) is 6.92 Å². The Morgan fingerprint density at radius 3 is 2.55 bits per heavy atom. The highest BCUT2D eigenvalue weighted by Crippen LogP contribution is 2.31. The van der Waals surface area contributed by atoms with Crippen LogP contribution in [-0.2, 0) is 0 Å². The van der Waals surface area contributed by atoms with Crippen molar-refractivity contribution in [1.29, 1.82) is 0 Å². The van der Waals surface area contributed by atoms with Gasteiger partial charge < -0.3 is 14.8 Å². The number of nitrogens with one attached hydrogen (secondary N) is 1. The second-order valence-electron chi connectivity index (χ2n) is 10.9. The maximum absolute atomic E-state index is 14.0. The Bertz CT molecular complexity index is 1530. The Labute approximate surface area is 222 Å². The van der Waals surface area contributed by atoms with E-state index in [1.54, 1.807) is 6.20 Å². The minimum atomic E-state index is -0.133. The lowest BCUT2D eigenvalue weighted by molar-refractivity contribution is 0.0494. The minimum absolute atomic E-state index is 0.0470. The van der Waals surface area contributed by atoms with Gasteiger partial charge >= 0.3 is 0 Å². The number of carbonyl (C=O) groups is 1. The van der Waals surface area contributed by atoms with Crippen molar-refractivity contribution in [2.45, 2.75) is 38.8 Å². The van der Waals surface area contributed by atoms with Crippen LogP contribution in [0.25, 0.3) is 21.8 Å². The number of likely N-dealkylation sites (tertiary alicyclic amines) is 1. The molecule has 0 saturated carbocycles. The van der Waals surface area contributed by atoms with Gasteiger partial charge in [0.1, 0.15) is 0 Å². The molecule has 0 bridgehead atoms. The van der Waals surface area contributed by atoms with Gasteiger partial charge in [-0.05, 0) is 69.7 Å². The number of aryl methyl sites for hydroxylation is 1. The molecular formula is C30H36N6O2. The molecule has 2 fully saturated rings. The Kier molecular flexibility index (Phi) is 6.53. The molecule has 2 aliphatic rings. The third-order valence-corrected chi connectivity index (χ3v) is 8.54. The molecule has 8 heteroatoms. The summed E-state index contributed by atoms with van der Waals surface area (Å²) >= 11 is 0. The number of H-pyrrole nitrogens is 1. The number of rotatable bonds is 4. The van der Waals surface area contributed by atoms with E-state index in [0.29, 0.717) is 24.0 Å². The molecule has 1 amide bonds. The van der Waals surface area contributed by atoms with Crippen LogP contribution in [0.5, 0.6) is 0 Å². The van der Waals surface area contributed by atoms with Crippen molar-refractivity contribution >= 4 is 27.7 Å². The lowest BCUT2D eigenvalue weighted by atomic mass is 9.99. The van der Waals surface area contributed by atoms with E-state index in [4.69, 9.17) is 0 Å². The first-order valence-electron chi connectivity index (χ1n) is 13.7. The average Bonchev–Trinajstić information content (AvgIpc) is 3.39. The zero-order chi connectivity index (χ0) is 26.4. The first-order chi connectivity index (χ1) is 18.4. The zero-order valence-electron chi connectivity index (χ0n) is 22.5. The van der Waals surface area contributed by atoms with Crippen LogP contribution in [0.3, 0.4) is 0 Å². The molecule has 2 saturated heterocycles. The third-order valence-electron chi connectivity index (χ3n) is 8.54. The number of benzene rings is 2. The Morgan fingerprint density at radius 2 is 1.82 bits per heavy atom. The first-order valence-corrected chi connectivity index (χ1v) is 13.7. The minimum Gasteiger partial charge on any atom is -0.335 e. The van der Waals surface area contributed by atoms with Crippen LogP contribution < -0.4 is 5.56 Å². The summed E-state index contributed by atoms with van der Waals surface area (Å²) in [6.07, 6.45) is 3.66. The van der Waals surface area contributed by atoms with E-state index in [1.807, 2.05) is 34.7 Å². The molecule has 4 heterocycles.